The fourth-order valence-corrected chi connectivity index (χ4v) is 3.20. The molecule has 17 heavy (non-hydrogen) atoms. The van der Waals surface area contributed by atoms with Crippen LogP contribution in [-0.4, -0.2) is 19.8 Å². The van der Waals surface area contributed by atoms with Crippen molar-refractivity contribution in [1.82, 2.24) is 5.32 Å². The van der Waals surface area contributed by atoms with Crippen LogP contribution >= 0.6 is 31.9 Å². The molecule has 94 valence electrons. The lowest BCUT2D eigenvalue weighted by Crippen LogP contribution is -2.34. The first-order valence-corrected chi connectivity index (χ1v) is 7.55. The van der Waals surface area contributed by atoms with Crippen LogP contribution in [-0.2, 0) is 4.74 Å². The zero-order chi connectivity index (χ0) is 12.3. The molecule has 0 radical (unpaired) electrons. The van der Waals surface area contributed by atoms with Gasteiger partial charge in [-0.2, -0.15) is 0 Å². The minimum absolute atomic E-state index is 0.252. The summed E-state index contributed by atoms with van der Waals surface area (Å²) in [5.74, 6) is 0. The molecule has 1 heterocycles. The lowest BCUT2D eigenvalue weighted by molar-refractivity contribution is -0.00677. The van der Waals surface area contributed by atoms with Crippen LogP contribution in [0, 0.1) is 0 Å². The average Bonchev–Trinajstić information content (AvgIpc) is 2.36. The highest BCUT2D eigenvalue weighted by Crippen LogP contribution is 2.32. The summed E-state index contributed by atoms with van der Waals surface area (Å²) in [7, 11) is 2.00. The molecule has 1 fully saturated rings. The normalized spacial score (nSPS) is 22.4. The SMILES string of the molecule is CNC(c1cc(Br)ccc1Br)C1CCCCO1. The van der Waals surface area contributed by atoms with Gasteiger partial charge in [0.25, 0.3) is 0 Å². The van der Waals surface area contributed by atoms with Gasteiger partial charge in [-0.1, -0.05) is 31.9 Å². The first-order chi connectivity index (χ1) is 8.22. The molecule has 1 saturated heterocycles. The number of hydrogen-bond donors (Lipinski definition) is 1. The average molecular weight is 363 g/mol. The van der Waals surface area contributed by atoms with Gasteiger partial charge in [-0.15, -0.1) is 0 Å². The molecule has 0 aliphatic carbocycles. The first kappa shape index (κ1) is 13.5. The van der Waals surface area contributed by atoms with Gasteiger partial charge in [0.2, 0.25) is 0 Å². The number of rotatable bonds is 3. The second kappa shape index (κ2) is 6.32. The Hall–Kier alpha value is 0.1000. The number of likely N-dealkylation sites (N-methyl/N-ethyl adjacent to an activating group) is 1. The lowest BCUT2D eigenvalue weighted by Gasteiger charge is -2.31. The van der Waals surface area contributed by atoms with E-state index in [1.165, 1.54) is 18.4 Å². The van der Waals surface area contributed by atoms with Crippen LogP contribution < -0.4 is 5.32 Å². The van der Waals surface area contributed by atoms with Gasteiger partial charge in [0, 0.05) is 15.6 Å². The van der Waals surface area contributed by atoms with Crippen LogP contribution in [0.4, 0.5) is 0 Å². The predicted molar refractivity (Wildman–Crippen MR) is 77.2 cm³/mol. The quantitative estimate of drug-likeness (QED) is 0.876. The third-order valence-electron chi connectivity index (χ3n) is 3.19. The minimum atomic E-state index is 0.252. The standard InChI is InChI=1S/C13H17Br2NO/c1-16-13(12-4-2-3-7-17-12)10-8-9(14)5-6-11(10)15/h5-6,8,12-13,16H,2-4,7H2,1H3. The number of benzene rings is 1. The number of halogens is 2. The molecule has 0 spiro atoms. The summed E-state index contributed by atoms with van der Waals surface area (Å²) in [4.78, 5) is 0. The Morgan fingerprint density at radius 2 is 2.18 bits per heavy atom. The topological polar surface area (TPSA) is 21.3 Å². The Balaban J connectivity index is 2.24. The maximum Gasteiger partial charge on any atom is 0.0770 e. The highest BCUT2D eigenvalue weighted by molar-refractivity contribution is 9.11. The summed E-state index contributed by atoms with van der Waals surface area (Å²) in [5, 5.41) is 3.38. The summed E-state index contributed by atoms with van der Waals surface area (Å²) < 4.78 is 8.12. The molecule has 0 saturated carbocycles. The molecule has 0 aromatic heterocycles. The van der Waals surface area contributed by atoms with Gasteiger partial charge in [0.15, 0.2) is 0 Å². The van der Waals surface area contributed by atoms with E-state index in [1.54, 1.807) is 0 Å². The minimum Gasteiger partial charge on any atom is -0.376 e. The number of hydrogen-bond acceptors (Lipinski definition) is 2. The monoisotopic (exact) mass is 361 g/mol. The van der Waals surface area contributed by atoms with Crippen molar-refractivity contribution in [3.05, 3.63) is 32.7 Å². The van der Waals surface area contributed by atoms with Gasteiger partial charge in [0.1, 0.15) is 0 Å². The van der Waals surface area contributed by atoms with Crippen molar-refractivity contribution in [2.75, 3.05) is 13.7 Å². The Bertz CT molecular complexity index is 378. The Labute approximate surface area is 119 Å². The van der Waals surface area contributed by atoms with Crippen molar-refractivity contribution in [2.24, 2.45) is 0 Å². The fourth-order valence-electron chi connectivity index (χ4n) is 2.32. The van der Waals surface area contributed by atoms with Gasteiger partial charge in [-0.3, -0.25) is 0 Å². The number of ether oxygens (including phenoxy) is 1. The second-order valence-electron chi connectivity index (χ2n) is 4.34. The second-order valence-corrected chi connectivity index (χ2v) is 6.11. The van der Waals surface area contributed by atoms with Gasteiger partial charge in [-0.25, -0.2) is 0 Å². The van der Waals surface area contributed by atoms with Gasteiger partial charge in [0.05, 0.1) is 12.1 Å². The molecule has 1 N–H and O–H groups in total. The van der Waals surface area contributed by atoms with Crippen LogP contribution in [0.2, 0.25) is 0 Å². The van der Waals surface area contributed by atoms with E-state index in [1.807, 2.05) is 13.1 Å². The van der Waals surface area contributed by atoms with Gasteiger partial charge < -0.3 is 10.1 Å². The lowest BCUT2D eigenvalue weighted by atomic mass is 9.96. The van der Waals surface area contributed by atoms with Crippen LogP contribution in [0.15, 0.2) is 27.1 Å². The maximum atomic E-state index is 5.88. The van der Waals surface area contributed by atoms with Crippen LogP contribution in [0.25, 0.3) is 0 Å². The molecule has 4 heteroatoms. The summed E-state index contributed by atoms with van der Waals surface area (Å²) >= 11 is 7.15. The molecule has 1 aromatic rings. The van der Waals surface area contributed by atoms with E-state index in [0.29, 0.717) is 0 Å². The molecule has 1 aromatic carbocycles. The fraction of sp³-hybridized carbons (Fsp3) is 0.538. The largest absolute Gasteiger partial charge is 0.376 e. The molecule has 1 aliphatic rings. The third kappa shape index (κ3) is 3.31. The van der Waals surface area contributed by atoms with Crippen molar-refractivity contribution >= 4 is 31.9 Å². The van der Waals surface area contributed by atoms with E-state index in [9.17, 15) is 0 Å². The highest BCUT2D eigenvalue weighted by atomic mass is 79.9. The van der Waals surface area contributed by atoms with Crippen molar-refractivity contribution in [1.29, 1.82) is 0 Å². The zero-order valence-corrected chi connectivity index (χ0v) is 13.1. The van der Waals surface area contributed by atoms with E-state index in [4.69, 9.17) is 4.74 Å². The van der Waals surface area contributed by atoms with E-state index in [2.05, 4.69) is 49.3 Å². The first-order valence-electron chi connectivity index (χ1n) is 5.96. The smallest absolute Gasteiger partial charge is 0.0770 e. The van der Waals surface area contributed by atoms with E-state index < -0.39 is 0 Å². The van der Waals surface area contributed by atoms with E-state index in [0.717, 1.165) is 22.0 Å². The molecular weight excluding hydrogens is 346 g/mol. The number of nitrogens with one attached hydrogen (secondary N) is 1. The maximum absolute atomic E-state index is 5.88. The summed E-state index contributed by atoms with van der Waals surface area (Å²) in [6, 6.07) is 6.53. The van der Waals surface area contributed by atoms with E-state index in [-0.39, 0.29) is 12.1 Å². The van der Waals surface area contributed by atoms with Crippen LogP contribution in [0.5, 0.6) is 0 Å². The Morgan fingerprint density at radius 3 is 2.82 bits per heavy atom. The Morgan fingerprint density at radius 1 is 1.35 bits per heavy atom. The molecule has 2 rings (SSSR count). The zero-order valence-electron chi connectivity index (χ0n) is 9.88. The summed E-state index contributed by atoms with van der Waals surface area (Å²) in [5.41, 5.74) is 1.26. The van der Waals surface area contributed by atoms with Crippen molar-refractivity contribution in [3.8, 4) is 0 Å². The summed E-state index contributed by atoms with van der Waals surface area (Å²) in [6.45, 7) is 0.883. The van der Waals surface area contributed by atoms with Crippen LogP contribution in [0.3, 0.4) is 0 Å². The molecule has 1 aliphatic heterocycles. The van der Waals surface area contributed by atoms with E-state index >= 15 is 0 Å². The summed E-state index contributed by atoms with van der Waals surface area (Å²) in [6.07, 6.45) is 3.85. The Kier molecular flexibility index (Phi) is 5.03. The van der Waals surface area contributed by atoms with Crippen molar-refractivity contribution < 1.29 is 4.74 Å². The molecule has 0 bridgehead atoms. The molecule has 2 nitrogen and oxygen atoms in total. The van der Waals surface area contributed by atoms with Gasteiger partial charge >= 0.3 is 0 Å². The highest BCUT2D eigenvalue weighted by Gasteiger charge is 2.26. The third-order valence-corrected chi connectivity index (χ3v) is 4.41. The molecular formula is C13H17Br2NO. The van der Waals surface area contributed by atoms with Crippen LogP contribution in [0.1, 0.15) is 30.9 Å². The predicted octanol–water partition coefficient (Wildman–Crippen LogP) is 4.04. The van der Waals surface area contributed by atoms with Crippen molar-refractivity contribution in [2.45, 2.75) is 31.4 Å². The molecule has 0 amide bonds. The molecule has 2 atom stereocenters. The van der Waals surface area contributed by atoms with Crippen molar-refractivity contribution in [3.63, 3.8) is 0 Å². The van der Waals surface area contributed by atoms with Gasteiger partial charge in [-0.05, 0) is 50.1 Å². The molecule has 2 unspecified atom stereocenters.